The number of rotatable bonds is 6. The minimum Gasteiger partial charge on any atom is -0.382 e. The van der Waals surface area contributed by atoms with Gasteiger partial charge >= 0.3 is 11.7 Å². The van der Waals surface area contributed by atoms with Crippen LogP contribution < -0.4 is 11.4 Å². The van der Waals surface area contributed by atoms with Crippen LogP contribution in [0.25, 0.3) is 11.2 Å². The van der Waals surface area contributed by atoms with E-state index in [1.54, 1.807) is 38.2 Å². The number of benzene rings is 1. The molecule has 0 spiro atoms. The van der Waals surface area contributed by atoms with Gasteiger partial charge in [0.1, 0.15) is 15.2 Å². The van der Waals surface area contributed by atoms with E-state index in [9.17, 15) is 13.8 Å². The van der Waals surface area contributed by atoms with Crippen LogP contribution in [0.15, 0.2) is 34.2 Å². The zero-order valence-corrected chi connectivity index (χ0v) is 19.0. The van der Waals surface area contributed by atoms with Crippen LogP contribution in [0, 0.1) is 4.78 Å². The van der Waals surface area contributed by atoms with Crippen molar-refractivity contribution in [1.82, 2.24) is 24.0 Å². The average Bonchev–Trinajstić information content (AvgIpc) is 3.01. The molecule has 0 unspecified atom stereocenters. The molecule has 12 heteroatoms. The molecule has 0 saturated heterocycles. The highest BCUT2D eigenvalue weighted by molar-refractivity contribution is 7.92. The molecule has 1 aromatic carbocycles. The molecule has 1 atom stereocenters. The highest BCUT2D eigenvalue weighted by atomic mass is 35.5. The lowest BCUT2D eigenvalue weighted by Gasteiger charge is -2.16. The van der Waals surface area contributed by atoms with Gasteiger partial charge in [0, 0.05) is 24.4 Å². The van der Waals surface area contributed by atoms with Crippen LogP contribution >= 0.6 is 11.6 Å². The summed E-state index contributed by atoms with van der Waals surface area (Å²) in [5, 5.41) is 0.275. The maximum atomic E-state index is 13.3. The van der Waals surface area contributed by atoms with E-state index in [2.05, 4.69) is 9.97 Å². The molecule has 2 aromatic heterocycles. The average molecular weight is 466 g/mol. The van der Waals surface area contributed by atoms with Crippen LogP contribution in [-0.2, 0) is 16.3 Å². The first kappa shape index (κ1) is 22.8. The van der Waals surface area contributed by atoms with Gasteiger partial charge in [0.05, 0.1) is 6.54 Å². The first-order valence-corrected chi connectivity index (χ1v) is 11.8. The van der Waals surface area contributed by atoms with Gasteiger partial charge in [-0.1, -0.05) is 37.6 Å². The first-order valence-electron chi connectivity index (χ1n) is 9.65. The van der Waals surface area contributed by atoms with Gasteiger partial charge in [0.25, 0.3) is 0 Å². The predicted molar refractivity (Wildman–Crippen MR) is 120 cm³/mol. The van der Waals surface area contributed by atoms with Gasteiger partial charge in [0.15, 0.2) is 11.5 Å². The molecule has 3 rings (SSSR count). The molecule has 2 heterocycles. The Morgan fingerprint density at radius 3 is 2.48 bits per heavy atom. The van der Waals surface area contributed by atoms with Crippen LogP contribution in [0.5, 0.6) is 0 Å². The van der Waals surface area contributed by atoms with Gasteiger partial charge in [-0.05, 0) is 24.1 Å². The summed E-state index contributed by atoms with van der Waals surface area (Å²) in [6.07, 6.45) is 0.702. The van der Waals surface area contributed by atoms with Crippen molar-refractivity contribution in [1.29, 1.82) is 4.78 Å². The Bertz CT molecular complexity index is 1300. The highest BCUT2D eigenvalue weighted by Crippen LogP contribution is 2.22. The third kappa shape index (κ3) is 4.28. The molecule has 3 aromatic rings. The van der Waals surface area contributed by atoms with E-state index >= 15 is 0 Å². The number of fused-ring (bicyclic) bond motifs is 1. The lowest BCUT2D eigenvalue weighted by molar-refractivity contribution is 0.210. The monoisotopic (exact) mass is 465 g/mol. The SMILES string of the molecule is CCCN(C)C(=O)n1c(=O)n(Cc2ccc(Cl)cc2)c2nc([S@@](=N)(=O)CC)nc(N)c21. The van der Waals surface area contributed by atoms with Gasteiger partial charge in [-0.3, -0.25) is 4.57 Å². The summed E-state index contributed by atoms with van der Waals surface area (Å²) in [6.45, 7) is 4.00. The second-order valence-electron chi connectivity index (χ2n) is 7.06. The number of imidazole rings is 1. The fourth-order valence-corrected chi connectivity index (χ4v) is 3.98. The molecule has 3 N–H and O–H groups in total. The number of amides is 1. The summed E-state index contributed by atoms with van der Waals surface area (Å²) in [6, 6.07) is 6.28. The van der Waals surface area contributed by atoms with E-state index in [1.165, 1.54) is 9.47 Å². The van der Waals surface area contributed by atoms with Crippen molar-refractivity contribution < 1.29 is 9.00 Å². The molecule has 166 valence electrons. The highest BCUT2D eigenvalue weighted by Gasteiger charge is 2.27. The number of hydrogen-bond donors (Lipinski definition) is 2. The summed E-state index contributed by atoms with van der Waals surface area (Å²) in [5.41, 5.74) is 6.26. The molecular weight excluding hydrogens is 442 g/mol. The van der Waals surface area contributed by atoms with Crippen LogP contribution in [-0.4, -0.2) is 53.6 Å². The van der Waals surface area contributed by atoms with Crippen molar-refractivity contribution in [2.45, 2.75) is 32.0 Å². The zero-order chi connectivity index (χ0) is 22.9. The van der Waals surface area contributed by atoms with Gasteiger partial charge in [0.2, 0.25) is 5.16 Å². The van der Waals surface area contributed by atoms with E-state index in [0.29, 0.717) is 18.0 Å². The first-order chi connectivity index (χ1) is 14.6. The maximum absolute atomic E-state index is 13.3. The van der Waals surface area contributed by atoms with Crippen LogP contribution in [0.1, 0.15) is 25.8 Å². The minimum atomic E-state index is -3.30. The third-order valence-corrected chi connectivity index (χ3v) is 6.64. The molecular formula is C19H24ClN7O3S. The molecule has 10 nitrogen and oxygen atoms in total. The second kappa shape index (κ2) is 8.67. The van der Waals surface area contributed by atoms with E-state index in [-0.39, 0.29) is 34.4 Å². The van der Waals surface area contributed by atoms with Crippen molar-refractivity contribution >= 4 is 44.3 Å². The zero-order valence-electron chi connectivity index (χ0n) is 17.5. The number of aromatic nitrogens is 4. The van der Waals surface area contributed by atoms with Crippen molar-refractivity contribution in [3.05, 3.63) is 45.3 Å². The Balaban J connectivity index is 2.32. The van der Waals surface area contributed by atoms with Crippen molar-refractivity contribution in [3.8, 4) is 0 Å². The topological polar surface area (TPSA) is 140 Å². The number of carbonyl (C=O) groups excluding carboxylic acids is 1. The molecule has 0 saturated carbocycles. The van der Waals surface area contributed by atoms with Gasteiger partial charge < -0.3 is 10.6 Å². The number of nitrogens with one attached hydrogen (secondary N) is 1. The van der Waals surface area contributed by atoms with Crippen molar-refractivity contribution in [2.75, 3.05) is 25.1 Å². The molecule has 0 aliphatic heterocycles. The number of halogens is 1. The number of carbonyl (C=O) groups is 1. The van der Waals surface area contributed by atoms with Crippen LogP contribution in [0.2, 0.25) is 5.02 Å². The summed E-state index contributed by atoms with van der Waals surface area (Å²) in [4.78, 5) is 36.0. The van der Waals surface area contributed by atoms with E-state index in [1.807, 2.05) is 6.92 Å². The molecule has 0 aliphatic carbocycles. The molecule has 31 heavy (non-hydrogen) atoms. The third-order valence-electron chi connectivity index (χ3n) is 4.81. The quantitative estimate of drug-likeness (QED) is 0.536. The molecule has 0 radical (unpaired) electrons. The smallest absolute Gasteiger partial charge is 0.339 e. The largest absolute Gasteiger partial charge is 0.382 e. The fraction of sp³-hybridized carbons (Fsp3) is 0.368. The normalized spacial score (nSPS) is 13.3. The lowest BCUT2D eigenvalue weighted by Crippen LogP contribution is -2.38. The Labute approximate surface area is 184 Å². The Kier molecular flexibility index (Phi) is 6.37. The maximum Gasteiger partial charge on any atom is 0.339 e. The number of anilines is 1. The second-order valence-corrected chi connectivity index (χ2v) is 9.79. The summed E-state index contributed by atoms with van der Waals surface area (Å²) >= 11 is 5.95. The van der Waals surface area contributed by atoms with E-state index in [4.69, 9.17) is 22.1 Å². The Morgan fingerprint density at radius 1 is 1.26 bits per heavy atom. The number of nitrogens with two attached hydrogens (primary N) is 1. The van der Waals surface area contributed by atoms with Crippen molar-refractivity contribution in [2.24, 2.45) is 0 Å². The number of hydrogen-bond acceptors (Lipinski definition) is 7. The van der Waals surface area contributed by atoms with E-state index < -0.39 is 21.4 Å². The van der Waals surface area contributed by atoms with E-state index in [0.717, 1.165) is 10.1 Å². The van der Waals surface area contributed by atoms with Crippen LogP contribution in [0.4, 0.5) is 10.6 Å². The minimum absolute atomic E-state index is 0.0156. The van der Waals surface area contributed by atoms with Gasteiger partial charge in [-0.25, -0.2) is 28.1 Å². The standard InChI is InChI=1S/C19H24ClN7O3S/c1-4-10-25(3)18(28)27-14-15(21)23-17(31(22,30)5-2)24-16(14)26(19(27)29)11-12-6-8-13(20)9-7-12/h6-9,22H,4-5,10-11H2,1-3H3,(H2,21,23,24)/t31-/m0/s1. The van der Waals surface area contributed by atoms with Gasteiger partial charge in [-0.15, -0.1) is 0 Å². The number of nitrogens with zero attached hydrogens (tertiary/aromatic N) is 5. The Hall–Kier alpha value is -2.92. The molecule has 0 fully saturated rings. The summed E-state index contributed by atoms with van der Waals surface area (Å²) in [7, 11) is -1.71. The van der Waals surface area contributed by atoms with Gasteiger partial charge in [-0.2, -0.15) is 4.98 Å². The molecule has 0 bridgehead atoms. The fourth-order valence-electron chi connectivity index (χ4n) is 3.12. The predicted octanol–water partition coefficient (Wildman–Crippen LogP) is 2.61. The molecule has 0 aliphatic rings. The summed E-state index contributed by atoms with van der Waals surface area (Å²) in [5.74, 6) is -0.197. The molecule has 1 amide bonds. The van der Waals surface area contributed by atoms with Crippen molar-refractivity contribution in [3.63, 3.8) is 0 Å². The Morgan fingerprint density at radius 2 is 1.90 bits per heavy atom. The van der Waals surface area contributed by atoms with Crippen LogP contribution in [0.3, 0.4) is 0 Å². The summed E-state index contributed by atoms with van der Waals surface area (Å²) < 4.78 is 22.8. The number of nitrogen functional groups attached to an aromatic ring is 1. The lowest BCUT2D eigenvalue weighted by atomic mass is 10.2.